The van der Waals surface area contributed by atoms with E-state index >= 15 is 0 Å². The molecular formula is C20H37IN4O2. The number of ether oxygens (including phenoxy) is 2. The molecular weight excluding hydrogens is 455 g/mol. The van der Waals surface area contributed by atoms with E-state index in [9.17, 15) is 0 Å². The molecule has 0 spiro atoms. The van der Waals surface area contributed by atoms with Crippen LogP contribution in [-0.2, 0) is 6.54 Å². The molecule has 0 aliphatic rings. The molecule has 27 heavy (non-hydrogen) atoms. The van der Waals surface area contributed by atoms with Crippen LogP contribution in [0.5, 0.6) is 11.5 Å². The average molecular weight is 492 g/mol. The monoisotopic (exact) mass is 492 g/mol. The number of nitrogens with one attached hydrogen (secondary N) is 2. The lowest BCUT2D eigenvalue weighted by Crippen LogP contribution is -2.37. The highest BCUT2D eigenvalue weighted by molar-refractivity contribution is 14.0. The minimum Gasteiger partial charge on any atom is -0.493 e. The summed E-state index contributed by atoms with van der Waals surface area (Å²) in [6.07, 6.45) is 1.07. The SMILES string of the molecule is CCCNC(=NCc1ccc(OCCN(CC)CC)c(OC)c1)NCC.I. The molecule has 0 aromatic heterocycles. The van der Waals surface area contributed by atoms with Crippen LogP contribution in [0, 0.1) is 0 Å². The Labute approximate surface area is 182 Å². The lowest BCUT2D eigenvalue weighted by atomic mass is 10.2. The number of methoxy groups -OCH3 is 1. The van der Waals surface area contributed by atoms with Crippen molar-refractivity contribution in [1.29, 1.82) is 0 Å². The van der Waals surface area contributed by atoms with Gasteiger partial charge >= 0.3 is 0 Å². The summed E-state index contributed by atoms with van der Waals surface area (Å²) in [5.74, 6) is 2.38. The topological polar surface area (TPSA) is 58.1 Å². The zero-order chi connectivity index (χ0) is 19.2. The highest BCUT2D eigenvalue weighted by atomic mass is 127. The van der Waals surface area contributed by atoms with Gasteiger partial charge in [0.25, 0.3) is 0 Å². The summed E-state index contributed by atoms with van der Waals surface area (Å²) in [6.45, 7) is 14.5. The molecule has 0 aliphatic carbocycles. The van der Waals surface area contributed by atoms with Gasteiger partial charge in [-0.3, -0.25) is 0 Å². The average Bonchev–Trinajstić information content (AvgIpc) is 2.67. The van der Waals surface area contributed by atoms with Crippen molar-refractivity contribution in [3.63, 3.8) is 0 Å². The van der Waals surface area contributed by atoms with Gasteiger partial charge in [0.15, 0.2) is 17.5 Å². The molecule has 0 aliphatic heterocycles. The fourth-order valence-corrected chi connectivity index (χ4v) is 2.51. The van der Waals surface area contributed by atoms with E-state index in [1.54, 1.807) is 7.11 Å². The van der Waals surface area contributed by atoms with Crippen molar-refractivity contribution < 1.29 is 9.47 Å². The highest BCUT2D eigenvalue weighted by Crippen LogP contribution is 2.28. The molecule has 0 saturated carbocycles. The van der Waals surface area contributed by atoms with Crippen LogP contribution in [0.3, 0.4) is 0 Å². The van der Waals surface area contributed by atoms with E-state index in [0.717, 1.165) is 62.2 Å². The van der Waals surface area contributed by atoms with Gasteiger partial charge in [-0.15, -0.1) is 24.0 Å². The Hall–Kier alpha value is -1.22. The van der Waals surface area contributed by atoms with Crippen molar-refractivity contribution in [1.82, 2.24) is 15.5 Å². The summed E-state index contributed by atoms with van der Waals surface area (Å²) < 4.78 is 11.4. The van der Waals surface area contributed by atoms with Gasteiger partial charge in [0.2, 0.25) is 0 Å². The van der Waals surface area contributed by atoms with Gasteiger partial charge in [-0.2, -0.15) is 0 Å². The first-order valence-electron chi connectivity index (χ1n) is 9.72. The minimum absolute atomic E-state index is 0. The molecule has 1 aromatic carbocycles. The predicted molar refractivity (Wildman–Crippen MR) is 125 cm³/mol. The van der Waals surface area contributed by atoms with Crippen LogP contribution < -0.4 is 20.1 Å². The molecule has 0 unspecified atom stereocenters. The second-order valence-electron chi connectivity index (χ2n) is 5.98. The number of halogens is 1. The minimum atomic E-state index is 0. The first-order valence-corrected chi connectivity index (χ1v) is 9.72. The normalized spacial score (nSPS) is 11.1. The Bertz CT molecular complexity index is 537. The van der Waals surface area contributed by atoms with E-state index in [1.807, 2.05) is 18.2 Å². The number of likely N-dealkylation sites (N-methyl/N-ethyl adjacent to an activating group) is 1. The number of guanidine groups is 1. The van der Waals surface area contributed by atoms with Gasteiger partial charge < -0.3 is 25.0 Å². The third-order valence-corrected chi connectivity index (χ3v) is 4.09. The molecule has 156 valence electrons. The Kier molecular flexibility index (Phi) is 15.1. The van der Waals surface area contributed by atoms with Gasteiger partial charge in [0.05, 0.1) is 13.7 Å². The van der Waals surface area contributed by atoms with Crippen LogP contribution in [-0.4, -0.2) is 57.3 Å². The zero-order valence-corrected chi connectivity index (χ0v) is 19.8. The molecule has 0 fully saturated rings. The Morgan fingerprint density at radius 3 is 2.41 bits per heavy atom. The van der Waals surface area contributed by atoms with E-state index < -0.39 is 0 Å². The van der Waals surface area contributed by atoms with E-state index in [1.165, 1.54) is 0 Å². The van der Waals surface area contributed by atoms with Crippen LogP contribution in [0.1, 0.15) is 39.7 Å². The van der Waals surface area contributed by atoms with Crippen LogP contribution in [0.15, 0.2) is 23.2 Å². The number of benzene rings is 1. The maximum atomic E-state index is 5.91. The second-order valence-corrected chi connectivity index (χ2v) is 5.98. The lowest BCUT2D eigenvalue weighted by molar-refractivity contribution is 0.217. The molecule has 0 radical (unpaired) electrons. The Morgan fingerprint density at radius 1 is 1.07 bits per heavy atom. The number of hydrogen-bond donors (Lipinski definition) is 2. The van der Waals surface area contributed by atoms with Crippen molar-refractivity contribution in [2.45, 2.75) is 40.7 Å². The standard InChI is InChI=1S/C20H36N4O2.HI/c1-6-12-22-20(21-7-2)23-16-17-10-11-18(19(15-17)25-5)26-14-13-24(8-3)9-4;/h10-11,15H,6-9,12-14,16H2,1-5H3,(H2,21,22,23);1H. The first-order chi connectivity index (χ1) is 12.7. The predicted octanol–water partition coefficient (Wildman–Crippen LogP) is 3.50. The molecule has 0 saturated heterocycles. The van der Waals surface area contributed by atoms with Crippen molar-refractivity contribution in [2.75, 3.05) is 46.4 Å². The van der Waals surface area contributed by atoms with E-state index in [2.05, 4.69) is 48.2 Å². The van der Waals surface area contributed by atoms with Gasteiger partial charge in [-0.1, -0.05) is 26.8 Å². The summed E-state index contributed by atoms with van der Waals surface area (Å²) >= 11 is 0. The summed E-state index contributed by atoms with van der Waals surface area (Å²) in [5.41, 5.74) is 1.09. The van der Waals surface area contributed by atoms with Crippen molar-refractivity contribution in [3.05, 3.63) is 23.8 Å². The van der Waals surface area contributed by atoms with E-state index in [-0.39, 0.29) is 24.0 Å². The van der Waals surface area contributed by atoms with Crippen LogP contribution in [0.4, 0.5) is 0 Å². The fraction of sp³-hybridized carbons (Fsp3) is 0.650. The van der Waals surface area contributed by atoms with Crippen molar-refractivity contribution >= 4 is 29.9 Å². The molecule has 7 heteroatoms. The molecule has 0 heterocycles. The maximum Gasteiger partial charge on any atom is 0.191 e. The second kappa shape index (κ2) is 15.8. The number of rotatable bonds is 12. The van der Waals surface area contributed by atoms with E-state index in [0.29, 0.717) is 13.2 Å². The van der Waals surface area contributed by atoms with Crippen molar-refractivity contribution in [2.24, 2.45) is 4.99 Å². The molecule has 0 bridgehead atoms. The van der Waals surface area contributed by atoms with E-state index in [4.69, 9.17) is 9.47 Å². The summed E-state index contributed by atoms with van der Waals surface area (Å²) in [4.78, 5) is 6.96. The molecule has 1 rings (SSSR count). The number of hydrogen-bond acceptors (Lipinski definition) is 4. The summed E-state index contributed by atoms with van der Waals surface area (Å²) in [7, 11) is 1.67. The largest absolute Gasteiger partial charge is 0.493 e. The summed E-state index contributed by atoms with van der Waals surface area (Å²) in [6, 6.07) is 6.01. The molecule has 0 amide bonds. The Morgan fingerprint density at radius 2 is 1.81 bits per heavy atom. The lowest BCUT2D eigenvalue weighted by Gasteiger charge is -2.19. The first kappa shape index (κ1) is 25.8. The van der Waals surface area contributed by atoms with Crippen LogP contribution >= 0.6 is 24.0 Å². The highest BCUT2D eigenvalue weighted by Gasteiger charge is 2.07. The third-order valence-electron chi connectivity index (χ3n) is 4.09. The zero-order valence-electron chi connectivity index (χ0n) is 17.5. The van der Waals surface area contributed by atoms with Gasteiger partial charge in [-0.25, -0.2) is 4.99 Å². The maximum absolute atomic E-state index is 5.91. The quantitative estimate of drug-likeness (QED) is 0.266. The van der Waals surface area contributed by atoms with Crippen molar-refractivity contribution in [3.8, 4) is 11.5 Å². The third kappa shape index (κ3) is 10.0. The molecule has 2 N–H and O–H groups in total. The smallest absolute Gasteiger partial charge is 0.191 e. The van der Waals surface area contributed by atoms with Gasteiger partial charge in [-0.05, 0) is 44.1 Å². The number of aliphatic imine (C=N–C) groups is 1. The molecule has 0 atom stereocenters. The van der Waals surface area contributed by atoms with Gasteiger partial charge in [0.1, 0.15) is 6.61 Å². The van der Waals surface area contributed by atoms with Gasteiger partial charge in [0, 0.05) is 19.6 Å². The van der Waals surface area contributed by atoms with Crippen LogP contribution in [0.25, 0.3) is 0 Å². The molecule has 1 aromatic rings. The Balaban J connectivity index is 0.00000676. The fourth-order valence-electron chi connectivity index (χ4n) is 2.51. The number of nitrogens with zero attached hydrogens (tertiary/aromatic N) is 2. The summed E-state index contributed by atoms with van der Waals surface area (Å²) in [5, 5.41) is 6.56. The molecule has 6 nitrogen and oxygen atoms in total. The van der Waals surface area contributed by atoms with Crippen LogP contribution in [0.2, 0.25) is 0 Å².